The maximum absolute atomic E-state index is 13.1. The Labute approximate surface area is 178 Å². The van der Waals surface area contributed by atoms with Gasteiger partial charge in [0.1, 0.15) is 35.1 Å². The number of rotatable bonds is 7. The average Bonchev–Trinajstić information content (AvgIpc) is 3.14. The molecule has 7 nitrogen and oxygen atoms in total. The van der Waals surface area contributed by atoms with Crippen LogP contribution in [-0.4, -0.2) is 62.4 Å². The van der Waals surface area contributed by atoms with E-state index in [1.165, 1.54) is 42.5 Å². The highest BCUT2D eigenvalue weighted by molar-refractivity contribution is 7.89. The molecular weight excluding hydrogens is 408 g/mol. The van der Waals surface area contributed by atoms with Crippen molar-refractivity contribution in [1.29, 1.82) is 0 Å². The van der Waals surface area contributed by atoms with Crippen molar-refractivity contribution in [1.82, 2.24) is 4.72 Å². The second-order valence-electron chi connectivity index (χ2n) is 8.02. The highest BCUT2D eigenvalue weighted by atomic mass is 32.2. The minimum Gasteiger partial charge on any atom is -0.513 e. The van der Waals surface area contributed by atoms with Gasteiger partial charge in [-0.15, -0.1) is 0 Å². The Balaban J connectivity index is 1.93. The molecule has 2 aromatic carbocycles. The smallest absolute Gasteiger partial charge is 0.259 e. The minimum absolute atomic E-state index is 0.0554. The third-order valence-corrected chi connectivity index (χ3v) is 5.79. The van der Waals surface area contributed by atoms with Crippen LogP contribution in [0.1, 0.15) is 16.8 Å². The molecule has 1 aliphatic rings. The van der Waals surface area contributed by atoms with Gasteiger partial charge in [-0.2, -0.15) is 0 Å². The van der Waals surface area contributed by atoms with Crippen molar-refractivity contribution < 1.29 is 27.1 Å². The molecule has 0 aliphatic carbocycles. The van der Waals surface area contributed by atoms with E-state index in [1.54, 1.807) is 0 Å². The fourth-order valence-corrected chi connectivity index (χ4v) is 4.20. The highest BCUT2D eigenvalue weighted by Crippen LogP contribution is 2.26. The van der Waals surface area contributed by atoms with E-state index in [-0.39, 0.29) is 22.3 Å². The number of benzene rings is 2. The number of carbonyl (C=O) groups is 1. The first-order chi connectivity index (χ1) is 14.0. The van der Waals surface area contributed by atoms with E-state index >= 15 is 0 Å². The van der Waals surface area contributed by atoms with Gasteiger partial charge in [-0.3, -0.25) is 4.79 Å². The van der Waals surface area contributed by atoms with Gasteiger partial charge in [0.15, 0.2) is 0 Å². The number of sulfonamides is 1. The van der Waals surface area contributed by atoms with Gasteiger partial charge in [0, 0.05) is 23.6 Å². The third-order valence-electron chi connectivity index (χ3n) is 4.28. The summed E-state index contributed by atoms with van der Waals surface area (Å²) in [7, 11) is 1.61. The molecule has 156 valence electrons. The fraction of sp³-hybridized carbons (Fsp3) is 0.278. The lowest BCUT2D eigenvalue weighted by Gasteiger charge is -2.24. The standard InChI is InChI=1S/C18H22B3FN2O5S/c19-18(20,21)29-16-6-5-14(30(26,27)24-13-7-8-28-10-13)9-15(16)17(25)23-12-3-1-11(22)2-4-12/h1-6,9,13,24H,7-8,10,19-21H2,(H,23,25)/t13-/m0/s1. The van der Waals surface area contributed by atoms with Crippen molar-refractivity contribution in [3.8, 4) is 5.75 Å². The summed E-state index contributed by atoms with van der Waals surface area (Å²) in [5, 5.41) is 2.04. The number of nitrogens with one attached hydrogen (secondary N) is 2. The van der Waals surface area contributed by atoms with Crippen molar-refractivity contribution in [3.63, 3.8) is 0 Å². The molecule has 0 radical (unpaired) electrons. The Bertz CT molecular complexity index is 1020. The molecule has 1 amide bonds. The Morgan fingerprint density at radius 3 is 2.47 bits per heavy atom. The van der Waals surface area contributed by atoms with Crippen molar-refractivity contribution in [3.05, 3.63) is 53.8 Å². The van der Waals surface area contributed by atoms with E-state index in [4.69, 9.17) is 9.47 Å². The first-order valence-electron chi connectivity index (χ1n) is 9.53. The van der Waals surface area contributed by atoms with Gasteiger partial charge in [-0.05, 0) is 48.9 Å². The molecule has 1 fully saturated rings. The van der Waals surface area contributed by atoms with Crippen molar-refractivity contribution in [2.24, 2.45) is 0 Å². The van der Waals surface area contributed by atoms with Crippen LogP contribution in [0.15, 0.2) is 47.4 Å². The highest BCUT2D eigenvalue weighted by Gasteiger charge is 2.26. The Morgan fingerprint density at radius 1 is 1.17 bits per heavy atom. The van der Waals surface area contributed by atoms with Crippen LogP contribution in [0.3, 0.4) is 0 Å². The molecular formula is C18H22B3FN2O5S. The molecule has 1 heterocycles. The van der Waals surface area contributed by atoms with Crippen LogP contribution in [0.4, 0.5) is 10.1 Å². The van der Waals surface area contributed by atoms with E-state index in [1.807, 2.05) is 23.5 Å². The predicted octanol–water partition coefficient (Wildman–Crippen LogP) is -0.965. The molecule has 30 heavy (non-hydrogen) atoms. The SMILES string of the molecule is BC(B)(B)Oc1ccc(S(=O)(=O)N[C@H]2CCOC2)cc1C(=O)Nc1ccc(F)cc1. The molecule has 0 spiro atoms. The lowest BCUT2D eigenvalue weighted by Crippen LogP contribution is -2.38. The van der Waals surface area contributed by atoms with E-state index in [2.05, 4.69) is 10.0 Å². The minimum atomic E-state index is -3.85. The first kappa shape index (κ1) is 22.4. The normalized spacial score (nSPS) is 16.9. The number of anilines is 1. The molecule has 0 unspecified atom stereocenters. The summed E-state index contributed by atoms with van der Waals surface area (Å²) >= 11 is 0. The summed E-state index contributed by atoms with van der Waals surface area (Å²) < 4.78 is 52.3. The summed E-state index contributed by atoms with van der Waals surface area (Å²) in [4.78, 5) is 12.9. The van der Waals surface area contributed by atoms with Crippen molar-refractivity contribution in [2.75, 3.05) is 18.5 Å². The van der Waals surface area contributed by atoms with Crippen molar-refractivity contribution in [2.45, 2.75) is 22.7 Å². The number of carbonyl (C=O) groups excluding carboxylic acids is 1. The molecule has 0 saturated carbocycles. The number of ether oxygens (including phenoxy) is 2. The Hall–Kier alpha value is -2.30. The van der Waals surface area contributed by atoms with Crippen molar-refractivity contribution >= 4 is 45.2 Å². The van der Waals surface area contributed by atoms with E-state index in [9.17, 15) is 17.6 Å². The first-order valence-corrected chi connectivity index (χ1v) is 11.0. The number of hydrogen-bond donors (Lipinski definition) is 2. The molecule has 0 aromatic heterocycles. The van der Waals surface area contributed by atoms with Gasteiger partial charge in [0.05, 0.1) is 17.1 Å². The zero-order chi connectivity index (χ0) is 21.9. The average molecular weight is 430 g/mol. The summed E-state index contributed by atoms with van der Waals surface area (Å²) in [6.07, 6.45) is 0.586. The van der Waals surface area contributed by atoms with Gasteiger partial charge < -0.3 is 14.8 Å². The maximum Gasteiger partial charge on any atom is 0.259 e. The van der Waals surface area contributed by atoms with Gasteiger partial charge in [-0.25, -0.2) is 17.5 Å². The molecule has 0 bridgehead atoms. The molecule has 2 N–H and O–H groups in total. The van der Waals surface area contributed by atoms with Crippen LogP contribution in [0.5, 0.6) is 5.75 Å². The molecule has 1 aliphatic heterocycles. The number of halogens is 1. The quantitative estimate of drug-likeness (QED) is 0.553. The van der Waals surface area contributed by atoms with Gasteiger partial charge >= 0.3 is 0 Å². The van der Waals surface area contributed by atoms with E-state index < -0.39 is 27.0 Å². The predicted molar refractivity (Wildman–Crippen MR) is 119 cm³/mol. The summed E-state index contributed by atoms with van der Waals surface area (Å²) in [5.74, 6) is -0.757. The largest absolute Gasteiger partial charge is 0.513 e. The summed E-state index contributed by atoms with van der Waals surface area (Å²) in [6.45, 7) is 0.805. The lowest BCUT2D eigenvalue weighted by molar-refractivity contribution is 0.102. The molecule has 1 atom stereocenters. The van der Waals surface area contributed by atoms with Gasteiger partial charge in [-0.1, -0.05) is 0 Å². The van der Waals surface area contributed by atoms with Crippen LogP contribution in [0.25, 0.3) is 0 Å². The molecule has 12 heteroatoms. The molecule has 2 aromatic rings. The summed E-state index contributed by atoms with van der Waals surface area (Å²) in [5.41, 5.74) is 0.428. The number of hydrogen-bond acceptors (Lipinski definition) is 5. The van der Waals surface area contributed by atoms with E-state index in [0.717, 1.165) is 0 Å². The van der Waals surface area contributed by atoms with Crippen LogP contribution in [-0.2, 0) is 14.8 Å². The molecule has 1 saturated heterocycles. The topological polar surface area (TPSA) is 93.7 Å². The zero-order valence-electron chi connectivity index (χ0n) is 17.1. The van der Waals surface area contributed by atoms with Gasteiger partial charge in [0.25, 0.3) is 5.91 Å². The fourth-order valence-electron chi connectivity index (χ4n) is 2.92. The Kier molecular flexibility index (Phi) is 6.59. The van der Waals surface area contributed by atoms with Crippen LogP contribution < -0.4 is 14.8 Å². The third kappa shape index (κ3) is 5.87. The molecule has 3 rings (SSSR count). The van der Waals surface area contributed by atoms with Crippen LogP contribution in [0, 0.1) is 5.82 Å². The summed E-state index contributed by atoms with van der Waals surface area (Å²) in [6, 6.07) is 9.10. The zero-order valence-corrected chi connectivity index (χ0v) is 17.9. The second kappa shape index (κ2) is 8.83. The lowest BCUT2D eigenvalue weighted by atomic mass is 9.52. The van der Waals surface area contributed by atoms with Crippen LogP contribution in [0.2, 0.25) is 0 Å². The Morgan fingerprint density at radius 2 is 1.87 bits per heavy atom. The van der Waals surface area contributed by atoms with Gasteiger partial charge in [0.2, 0.25) is 10.0 Å². The second-order valence-corrected chi connectivity index (χ2v) is 9.73. The monoisotopic (exact) mass is 430 g/mol. The van der Waals surface area contributed by atoms with E-state index in [0.29, 0.717) is 25.3 Å². The maximum atomic E-state index is 13.1. The number of amides is 1. The van der Waals surface area contributed by atoms with Crippen LogP contribution >= 0.6 is 0 Å².